The quantitative estimate of drug-likeness (QED) is 0.589. The largest absolute Gasteiger partial charge is 0.477 e. The van der Waals surface area contributed by atoms with Crippen molar-refractivity contribution in [3.63, 3.8) is 0 Å². The van der Waals surface area contributed by atoms with E-state index in [1.54, 1.807) is 24.3 Å². The normalized spacial score (nSPS) is 15.7. The molecular weight excluding hydrogens is 457 g/mol. The molecule has 4 rings (SSSR count). The monoisotopic (exact) mass is 473 g/mol. The molecule has 0 amide bonds. The molecule has 1 atom stereocenters. The number of benzene rings is 2. The van der Waals surface area contributed by atoms with Crippen LogP contribution in [0.3, 0.4) is 0 Å². The van der Waals surface area contributed by atoms with Crippen molar-refractivity contribution in [2.75, 3.05) is 0 Å². The Morgan fingerprint density at radius 3 is 2.59 bits per heavy atom. The van der Waals surface area contributed by atoms with Crippen molar-refractivity contribution in [2.24, 2.45) is 5.92 Å². The molecule has 0 spiro atoms. The van der Waals surface area contributed by atoms with Gasteiger partial charge in [-0.25, -0.2) is 9.36 Å². The van der Waals surface area contributed by atoms with Gasteiger partial charge < -0.3 is 5.11 Å². The Bertz CT molecular complexity index is 1150. The maximum Gasteiger partial charge on any atom is 0.341 e. The van der Waals surface area contributed by atoms with E-state index in [2.05, 4.69) is 40.8 Å². The van der Waals surface area contributed by atoms with Crippen molar-refractivity contribution >= 4 is 45.4 Å². The topological polar surface area (TPSA) is 76.4 Å². The van der Waals surface area contributed by atoms with E-state index in [9.17, 15) is 19.5 Å². The number of aromatic carboxylic acids is 1. The summed E-state index contributed by atoms with van der Waals surface area (Å²) in [5.74, 6) is -1.56. The number of carbonyl (C=O) groups is 2. The fourth-order valence-corrected chi connectivity index (χ4v) is 4.38. The molecule has 3 aromatic rings. The van der Waals surface area contributed by atoms with Crippen molar-refractivity contribution in [1.82, 2.24) is 4.57 Å². The van der Waals surface area contributed by atoms with Crippen LogP contribution in [-0.4, -0.2) is 21.6 Å². The number of rotatable bonds is 3. The number of carbonyl (C=O) groups excluding carboxylic acids is 1. The first-order valence-corrected chi connectivity index (χ1v) is 9.70. The Morgan fingerprint density at radius 2 is 1.81 bits per heavy atom. The molecule has 0 fully saturated rings. The first kappa shape index (κ1) is 17.9. The minimum Gasteiger partial charge on any atom is -0.477 e. The van der Waals surface area contributed by atoms with Crippen molar-refractivity contribution in [1.29, 1.82) is 0 Å². The Labute approximate surface area is 168 Å². The van der Waals surface area contributed by atoms with Gasteiger partial charge in [0, 0.05) is 9.99 Å². The van der Waals surface area contributed by atoms with Gasteiger partial charge in [-0.15, -0.1) is 0 Å². The van der Waals surface area contributed by atoms with Crippen LogP contribution >= 0.6 is 22.6 Å². The van der Waals surface area contributed by atoms with Crippen molar-refractivity contribution < 1.29 is 14.7 Å². The van der Waals surface area contributed by atoms with Gasteiger partial charge in [0.25, 0.3) is 5.56 Å². The zero-order chi connectivity index (χ0) is 19.1. The molecule has 0 radical (unpaired) electrons. The summed E-state index contributed by atoms with van der Waals surface area (Å²) < 4.78 is 2.20. The summed E-state index contributed by atoms with van der Waals surface area (Å²) in [5, 5.41) is 9.90. The highest BCUT2D eigenvalue weighted by atomic mass is 127. The molecule has 1 heterocycles. The zero-order valence-electron chi connectivity index (χ0n) is 14.3. The highest BCUT2D eigenvalue weighted by molar-refractivity contribution is 14.1. The van der Waals surface area contributed by atoms with Gasteiger partial charge in [0.15, 0.2) is 0 Å². The summed E-state index contributed by atoms with van der Waals surface area (Å²) in [6, 6.07) is 14.5. The summed E-state index contributed by atoms with van der Waals surface area (Å²) >= 11 is 2.27. The number of halogens is 1. The van der Waals surface area contributed by atoms with E-state index in [4.69, 9.17) is 0 Å². The number of fused-ring (bicyclic) bond motifs is 2. The van der Waals surface area contributed by atoms with Gasteiger partial charge in [0.2, 0.25) is 5.91 Å². The van der Waals surface area contributed by atoms with Crippen LogP contribution in [0.4, 0.5) is 0 Å². The van der Waals surface area contributed by atoms with E-state index in [-0.39, 0.29) is 23.8 Å². The average Bonchev–Trinajstić information content (AvgIpc) is 3.01. The lowest BCUT2D eigenvalue weighted by molar-refractivity contribution is 0.0694. The third kappa shape index (κ3) is 3.29. The summed E-state index contributed by atoms with van der Waals surface area (Å²) in [6.07, 6.45) is 1.80. The summed E-state index contributed by atoms with van der Waals surface area (Å²) in [5.41, 5.74) is 1.78. The van der Waals surface area contributed by atoms with Crippen LogP contribution in [-0.2, 0) is 12.8 Å². The van der Waals surface area contributed by atoms with Gasteiger partial charge in [0.1, 0.15) is 5.56 Å². The molecule has 6 heteroatoms. The fraction of sp³-hybridized carbons (Fsp3) is 0.190. The van der Waals surface area contributed by atoms with Crippen LogP contribution in [0.15, 0.2) is 53.3 Å². The number of pyridine rings is 1. The van der Waals surface area contributed by atoms with Gasteiger partial charge in [-0.1, -0.05) is 24.3 Å². The molecule has 0 saturated heterocycles. The molecule has 0 bridgehead atoms. The molecule has 1 aliphatic rings. The van der Waals surface area contributed by atoms with Crippen molar-refractivity contribution in [3.8, 4) is 0 Å². The molecule has 0 aliphatic heterocycles. The molecule has 1 N–H and O–H groups in total. The van der Waals surface area contributed by atoms with E-state index in [1.165, 1.54) is 17.2 Å². The molecule has 136 valence electrons. The molecule has 1 aromatic heterocycles. The highest BCUT2D eigenvalue weighted by Crippen LogP contribution is 2.30. The lowest BCUT2D eigenvalue weighted by Crippen LogP contribution is -2.32. The molecule has 27 heavy (non-hydrogen) atoms. The van der Waals surface area contributed by atoms with Gasteiger partial charge in [0.05, 0.1) is 5.52 Å². The lowest BCUT2D eigenvalue weighted by Gasteiger charge is -2.13. The number of nitrogens with zero attached hydrogens (tertiary/aromatic N) is 1. The molecule has 5 nitrogen and oxygen atoms in total. The third-order valence-corrected chi connectivity index (χ3v) is 5.71. The van der Waals surface area contributed by atoms with Crippen LogP contribution in [0.1, 0.15) is 32.7 Å². The SMILES string of the molecule is O=C(O)c1cc2ccccc2n(C(=O)CC2Cc3ccc(I)cc3C2)c1=O. The maximum atomic E-state index is 13.0. The fourth-order valence-electron chi connectivity index (χ4n) is 3.82. The van der Waals surface area contributed by atoms with Gasteiger partial charge >= 0.3 is 5.97 Å². The van der Waals surface area contributed by atoms with Crippen molar-refractivity contribution in [2.45, 2.75) is 19.3 Å². The van der Waals surface area contributed by atoms with Crippen LogP contribution in [0.5, 0.6) is 0 Å². The van der Waals surface area contributed by atoms with E-state index in [0.717, 1.165) is 21.0 Å². The average molecular weight is 473 g/mol. The minimum atomic E-state index is -1.32. The third-order valence-electron chi connectivity index (χ3n) is 5.04. The summed E-state index contributed by atoms with van der Waals surface area (Å²) in [7, 11) is 0. The second-order valence-electron chi connectivity index (χ2n) is 6.85. The zero-order valence-corrected chi connectivity index (χ0v) is 16.5. The Hall–Kier alpha value is -2.48. The number of hydrogen-bond acceptors (Lipinski definition) is 3. The predicted octanol–water partition coefficient (Wildman–Crippen LogP) is 3.75. The molecule has 2 aromatic carbocycles. The van der Waals surface area contributed by atoms with Crippen LogP contribution in [0, 0.1) is 9.49 Å². The first-order valence-electron chi connectivity index (χ1n) is 8.62. The standard InChI is InChI=1S/C21H16INO4/c22-16-6-5-13-7-12(8-15(13)10-16)9-19(24)23-18-4-2-1-3-14(18)11-17(20(23)25)21(26)27/h1-6,10-12H,7-9H2,(H,26,27). The Morgan fingerprint density at radius 1 is 1.07 bits per heavy atom. The van der Waals surface area contributed by atoms with Gasteiger partial charge in [-0.05, 0) is 82.1 Å². The van der Waals surface area contributed by atoms with E-state index < -0.39 is 11.5 Å². The molecule has 1 aliphatic carbocycles. The van der Waals surface area contributed by atoms with E-state index >= 15 is 0 Å². The second-order valence-corrected chi connectivity index (χ2v) is 8.09. The van der Waals surface area contributed by atoms with E-state index in [0.29, 0.717) is 10.9 Å². The number of carboxylic acids is 1. The van der Waals surface area contributed by atoms with Gasteiger partial charge in [-0.2, -0.15) is 0 Å². The van der Waals surface area contributed by atoms with Crippen molar-refractivity contribution in [3.05, 3.63) is 79.1 Å². The molecule has 1 unspecified atom stereocenters. The molecular formula is C21H16INO4. The Kier molecular flexibility index (Phi) is 4.59. The first-order chi connectivity index (χ1) is 12.9. The highest BCUT2D eigenvalue weighted by Gasteiger charge is 2.26. The van der Waals surface area contributed by atoms with Gasteiger partial charge in [-0.3, -0.25) is 9.59 Å². The summed E-state index contributed by atoms with van der Waals surface area (Å²) in [4.78, 5) is 37.1. The molecule has 0 saturated carbocycles. The second kappa shape index (κ2) is 6.92. The number of para-hydroxylation sites is 1. The van der Waals surface area contributed by atoms with Crippen LogP contribution < -0.4 is 5.56 Å². The Balaban J connectivity index is 1.70. The minimum absolute atomic E-state index is 0.116. The van der Waals surface area contributed by atoms with Crippen LogP contribution in [0.25, 0.3) is 10.9 Å². The number of carboxylic acid groups (broad SMARTS) is 1. The predicted molar refractivity (Wildman–Crippen MR) is 110 cm³/mol. The number of hydrogen-bond donors (Lipinski definition) is 1. The summed E-state index contributed by atoms with van der Waals surface area (Å²) in [6.45, 7) is 0. The van der Waals surface area contributed by atoms with Crippen LogP contribution in [0.2, 0.25) is 0 Å². The maximum absolute atomic E-state index is 13.0. The van der Waals surface area contributed by atoms with E-state index in [1.807, 2.05) is 0 Å². The number of aromatic nitrogens is 1. The smallest absolute Gasteiger partial charge is 0.341 e. The lowest BCUT2D eigenvalue weighted by atomic mass is 10.0.